The van der Waals surface area contributed by atoms with Crippen molar-refractivity contribution in [3.8, 4) is 11.5 Å². The Bertz CT molecular complexity index is 375. The summed E-state index contributed by atoms with van der Waals surface area (Å²) in [5.41, 5.74) is 1.08. The minimum atomic E-state index is 0.139. The monoisotopic (exact) mass is 265 g/mol. The molecule has 0 radical (unpaired) electrons. The van der Waals surface area contributed by atoms with E-state index < -0.39 is 0 Å². The van der Waals surface area contributed by atoms with Crippen LogP contribution in [0.1, 0.15) is 47.5 Å². The highest BCUT2D eigenvalue weighted by Gasteiger charge is 2.09. The molecule has 0 spiro atoms. The van der Waals surface area contributed by atoms with Crippen molar-refractivity contribution in [1.82, 2.24) is 0 Å². The van der Waals surface area contributed by atoms with Crippen LogP contribution >= 0.6 is 0 Å². The molecule has 3 heteroatoms. The maximum atomic E-state index is 5.83. The number of hydrogen-bond acceptors (Lipinski definition) is 3. The van der Waals surface area contributed by atoms with E-state index in [1.165, 1.54) is 12.8 Å². The SMILES string of the molecule is CCCCNc1ccc(OC(C)C)c(OC(C)C)c1. The second kappa shape index (κ2) is 7.93. The Kier molecular flexibility index (Phi) is 6.54. The largest absolute Gasteiger partial charge is 0.487 e. The van der Waals surface area contributed by atoms with Gasteiger partial charge in [0.1, 0.15) is 0 Å². The molecule has 0 saturated heterocycles. The number of rotatable bonds is 8. The van der Waals surface area contributed by atoms with Crippen molar-refractivity contribution in [1.29, 1.82) is 0 Å². The van der Waals surface area contributed by atoms with Gasteiger partial charge in [0.25, 0.3) is 0 Å². The fourth-order valence-corrected chi connectivity index (χ4v) is 1.72. The minimum absolute atomic E-state index is 0.139. The molecule has 0 aliphatic heterocycles. The molecule has 1 aromatic rings. The topological polar surface area (TPSA) is 30.5 Å². The molecule has 0 unspecified atom stereocenters. The summed E-state index contributed by atoms with van der Waals surface area (Å²) in [5.74, 6) is 1.62. The van der Waals surface area contributed by atoms with Gasteiger partial charge in [-0.3, -0.25) is 0 Å². The lowest BCUT2D eigenvalue weighted by atomic mass is 10.2. The van der Waals surface area contributed by atoms with Crippen LogP contribution in [0.15, 0.2) is 18.2 Å². The van der Waals surface area contributed by atoms with Crippen LogP contribution in [-0.2, 0) is 0 Å². The maximum absolute atomic E-state index is 5.83. The standard InChI is InChI=1S/C16H27NO2/c1-6-7-10-17-14-8-9-15(18-12(2)3)16(11-14)19-13(4)5/h8-9,11-13,17H,6-7,10H2,1-5H3. The summed E-state index contributed by atoms with van der Waals surface area (Å²) >= 11 is 0. The molecule has 0 saturated carbocycles. The molecule has 1 N–H and O–H groups in total. The van der Waals surface area contributed by atoms with Gasteiger partial charge in [-0.2, -0.15) is 0 Å². The van der Waals surface area contributed by atoms with Crippen LogP contribution in [0.3, 0.4) is 0 Å². The van der Waals surface area contributed by atoms with Gasteiger partial charge in [-0.05, 0) is 46.2 Å². The van der Waals surface area contributed by atoms with Crippen LogP contribution in [0.4, 0.5) is 5.69 Å². The second-order valence-corrected chi connectivity index (χ2v) is 5.28. The van der Waals surface area contributed by atoms with Gasteiger partial charge in [0, 0.05) is 18.3 Å². The lowest BCUT2D eigenvalue weighted by Gasteiger charge is -2.18. The van der Waals surface area contributed by atoms with Gasteiger partial charge in [0.2, 0.25) is 0 Å². The fourth-order valence-electron chi connectivity index (χ4n) is 1.72. The van der Waals surface area contributed by atoms with Gasteiger partial charge in [-0.1, -0.05) is 13.3 Å². The Morgan fingerprint density at radius 3 is 2.21 bits per heavy atom. The van der Waals surface area contributed by atoms with Gasteiger partial charge in [0.15, 0.2) is 11.5 Å². The average molecular weight is 265 g/mol. The van der Waals surface area contributed by atoms with E-state index in [1.54, 1.807) is 0 Å². The van der Waals surface area contributed by atoms with Crippen LogP contribution < -0.4 is 14.8 Å². The third-order valence-electron chi connectivity index (χ3n) is 2.53. The zero-order valence-corrected chi connectivity index (χ0v) is 12.8. The van der Waals surface area contributed by atoms with E-state index in [1.807, 2.05) is 45.9 Å². The van der Waals surface area contributed by atoms with Gasteiger partial charge in [0.05, 0.1) is 12.2 Å². The van der Waals surface area contributed by atoms with Crippen LogP contribution in [0.25, 0.3) is 0 Å². The predicted octanol–water partition coefficient (Wildman–Crippen LogP) is 4.47. The van der Waals surface area contributed by atoms with E-state index in [9.17, 15) is 0 Å². The van der Waals surface area contributed by atoms with E-state index in [0.717, 1.165) is 23.7 Å². The normalized spacial score (nSPS) is 10.9. The fraction of sp³-hybridized carbons (Fsp3) is 0.625. The molecule has 1 aromatic carbocycles. The molecule has 19 heavy (non-hydrogen) atoms. The lowest BCUT2D eigenvalue weighted by Crippen LogP contribution is -2.11. The van der Waals surface area contributed by atoms with Crippen LogP contribution in [0.2, 0.25) is 0 Å². The molecule has 108 valence electrons. The Labute approximate surface area is 117 Å². The van der Waals surface area contributed by atoms with Gasteiger partial charge in [-0.15, -0.1) is 0 Å². The Hall–Kier alpha value is -1.38. The number of nitrogens with one attached hydrogen (secondary N) is 1. The Morgan fingerprint density at radius 1 is 1.00 bits per heavy atom. The number of anilines is 1. The van der Waals surface area contributed by atoms with Gasteiger partial charge in [-0.25, -0.2) is 0 Å². The smallest absolute Gasteiger partial charge is 0.163 e. The van der Waals surface area contributed by atoms with Crippen molar-refractivity contribution in [3.63, 3.8) is 0 Å². The molecular formula is C16H27NO2. The summed E-state index contributed by atoms with van der Waals surface area (Å²) in [6.45, 7) is 11.3. The van der Waals surface area contributed by atoms with Crippen molar-refractivity contribution in [2.45, 2.75) is 59.7 Å². The Balaban J connectivity index is 2.81. The highest BCUT2D eigenvalue weighted by Crippen LogP contribution is 2.32. The van der Waals surface area contributed by atoms with E-state index >= 15 is 0 Å². The number of benzene rings is 1. The zero-order chi connectivity index (χ0) is 14.3. The highest BCUT2D eigenvalue weighted by atomic mass is 16.5. The van der Waals surface area contributed by atoms with Gasteiger partial charge >= 0.3 is 0 Å². The summed E-state index contributed by atoms with van der Waals surface area (Å²) in [4.78, 5) is 0. The lowest BCUT2D eigenvalue weighted by molar-refractivity contribution is 0.199. The average Bonchev–Trinajstić information content (AvgIpc) is 2.31. The van der Waals surface area contributed by atoms with E-state index in [-0.39, 0.29) is 12.2 Å². The first kappa shape index (κ1) is 15.7. The molecule has 0 fully saturated rings. The maximum Gasteiger partial charge on any atom is 0.163 e. The Morgan fingerprint density at radius 2 is 1.63 bits per heavy atom. The molecule has 0 heterocycles. The third-order valence-corrected chi connectivity index (χ3v) is 2.53. The molecule has 1 rings (SSSR count). The molecule has 0 aliphatic rings. The summed E-state index contributed by atoms with van der Waals surface area (Å²) < 4.78 is 11.6. The molecule has 3 nitrogen and oxygen atoms in total. The molecular weight excluding hydrogens is 238 g/mol. The second-order valence-electron chi connectivity index (χ2n) is 5.28. The summed E-state index contributed by atoms with van der Waals surface area (Å²) in [6.07, 6.45) is 2.65. The zero-order valence-electron chi connectivity index (χ0n) is 12.8. The van der Waals surface area contributed by atoms with Crippen LogP contribution in [-0.4, -0.2) is 18.8 Å². The number of ether oxygens (including phenoxy) is 2. The van der Waals surface area contributed by atoms with E-state index in [0.29, 0.717) is 0 Å². The first-order valence-electron chi connectivity index (χ1n) is 7.24. The quantitative estimate of drug-likeness (QED) is 0.703. The summed E-state index contributed by atoms with van der Waals surface area (Å²) in [6, 6.07) is 6.04. The molecule has 0 atom stereocenters. The minimum Gasteiger partial charge on any atom is -0.487 e. The molecule has 0 aliphatic carbocycles. The highest BCUT2D eigenvalue weighted by molar-refractivity contribution is 5.54. The summed E-state index contributed by atoms with van der Waals surface area (Å²) in [5, 5.41) is 3.40. The van der Waals surface area contributed by atoms with Crippen LogP contribution in [0.5, 0.6) is 11.5 Å². The molecule has 0 amide bonds. The number of hydrogen-bond donors (Lipinski definition) is 1. The van der Waals surface area contributed by atoms with Gasteiger partial charge < -0.3 is 14.8 Å². The van der Waals surface area contributed by atoms with Crippen molar-refractivity contribution in [2.24, 2.45) is 0 Å². The van der Waals surface area contributed by atoms with Crippen LogP contribution in [0, 0.1) is 0 Å². The van der Waals surface area contributed by atoms with Crippen molar-refractivity contribution in [2.75, 3.05) is 11.9 Å². The van der Waals surface area contributed by atoms with Crippen molar-refractivity contribution in [3.05, 3.63) is 18.2 Å². The first-order valence-corrected chi connectivity index (χ1v) is 7.24. The predicted molar refractivity (Wildman–Crippen MR) is 81.4 cm³/mol. The molecule has 0 bridgehead atoms. The number of unbranched alkanes of at least 4 members (excludes halogenated alkanes) is 1. The first-order chi connectivity index (χ1) is 9.02. The van der Waals surface area contributed by atoms with Crippen molar-refractivity contribution >= 4 is 5.69 Å². The molecule has 0 aromatic heterocycles. The van der Waals surface area contributed by atoms with E-state index in [4.69, 9.17) is 9.47 Å². The summed E-state index contributed by atoms with van der Waals surface area (Å²) in [7, 11) is 0. The van der Waals surface area contributed by atoms with E-state index in [2.05, 4.69) is 12.2 Å². The van der Waals surface area contributed by atoms with Crippen molar-refractivity contribution < 1.29 is 9.47 Å². The third kappa shape index (κ3) is 5.86.